The lowest BCUT2D eigenvalue weighted by atomic mass is 9.88. The average molecular weight is 553 g/mol. The van der Waals surface area contributed by atoms with Gasteiger partial charge in [-0.25, -0.2) is 0 Å². The lowest BCUT2D eigenvalue weighted by Crippen LogP contribution is -2.22. The van der Waals surface area contributed by atoms with E-state index in [1.165, 1.54) is 5.57 Å². The highest BCUT2D eigenvalue weighted by Crippen LogP contribution is 2.45. The summed E-state index contributed by atoms with van der Waals surface area (Å²) < 4.78 is 17.7. The Bertz CT molecular complexity index is 1280. The minimum absolute atomic E-state index is 0.0535. The number of rotatable bonds is 12. The quantitative estimate of drug-likeness (QED) is 0.257. The lowest BCUT2D eigenvalue weighted by molar-refractivity contribution is 0.0689. The molecular weight excluding hydrogens is 508 g/mol. The maximum Gasteiger partial charge on any atom is 0.174 e. The number of allylic oxidation sites excluding steroid dienone is 4. The van der Waals surface area contributed by atoms with Gasteiger partial charge in [-0.05, 0) is 84.4 Å². The predicted octanol–water partition coefficient (Wildman–Crippen LogP) is 6.55. The molecule has 0 fully saturated rings. The molecule has 0 saturated carbocycles. The molecule has 0 radical (unpaired) electrons. The van der Waals surface area contributed by atoms with Crippen molar-refractivity contribution >= 4 is 5.78 Å². The first kappa shape index (κ1) is 31.2. The molecule has 0 saturated heterocycles. The number of carbonyl (C=O) groups is 1. The molecule has 1 atom stereocenters. The molecule has 3 N–H and O–H groups in total. The van der Waals surface area contributed by atoms with Crippen LogP contribution >= 0.6 is 0 Å². The summed E-state index contributed by atoms with van der Waals surface area (Å²) in [6, 6.07) is 5.37. The zero-order valence-corrected chi connectivity index (χ0v) is 24.9. The predicted molar refractivity (Wildman–Crippen MR) is 157 cm³/mol. The summed E-state index contributed by atoms with van der Waals surface area (Å²) in [5.41, 5.74) is 4.46. The zero-order valence-electron chi connectivity index (χ0n) is 24.9. The first-order chi connectivity index (χ1) is 18.9. The molecule has 218 valence electrons. The maximum absolute atomic E-state index is 13.4. The number of methoxy groups -OCH3 is 2. The Morgan fingerprint density at radius 2 is 1.80 bits per heavy atom. The van der Waals surface area contributed by atoms with Crippen molar-refractivity contribution in [3.05, 3.63) is 69.3 Å². The highest BCUT2D eigenvalue weighted by molar-refractivity contribution is 6.03. The summed E-state index contributed by atoms with van der Waals surface area (Å²) >= 11 is 0. The molecule has 1 heterocycles. The number of phenolic OH excluding ortho intramolecular Hbond substituents is 1. The third-order valence-electron chi connectivity index (χ3n) is 7.31. The van der Waals surface area contributed by atoms with Crippen molar-refractivity contribution in [1.29, 1.82) is 0 Å². The fourth-order valence-electron chi connectivity index (χ4n) is 5.11. The number of phenols is 1. The van der Waals surface area contributed by atoms with E-state index in [9.17, 15) is 20.1 Å². The van der Waals surface area contributed by atoms with E-state index in [0.29, 0.717) is 41.9 Å². The second kappa shape index (κ2) is 13.4. The third kappa shape index (κ3) is 7.46. The van der Waals surface area contributed by atoms with Crippen molar-refractivity contribution in [3.8, 4) is 23.0 Å². The summed E-state index contributed by atoms with van der Waals surface area (Å²) in [5, 5.41) is 31.1. The van der Waals surface area contributed by atoms with Gasteiger partial charge in [0.1, 0.15) is 23.2 Å². The van der Waals surface area contributed by atoms with E-state index in [2.05, 4.69) is 13.0 Å². The number of hydrogen-bond acceptors (Lipinski definition) is 7. The molecule has 0 bridgehead atoms. The largest absolute Gasteiger partial charge is 0.507 e. The maximum atomic E-state index is 13.4. The number of hydrogen-bond donors (Lipinski definition) is 3. The van der Waals surface area contributed by atoms with Crippen LogP contribution < -0.4 is 14.2 Å². The van der Waals surface area contributed by atoms with Crippen molar-refractivity contribution in [2.75, 3.05) is 14.2 Å². The number of aromatic hydroxyl groups is 1. The fourth-order valence-corrected chi connectivity index (χ4v) is 5.11. The van der Waals surface area contributed by atoms with Crippen molar-refractivity contribution in [1.82, 2.24) is 0 Å². The van der Waals surface area contributed by atoms with Gasteiger partial charge in [-0.2, -0.15) is 0 Å². The lowest BCUT2D eigenvalue weighted by Gasteiger charge is -2.29. The molecule has 0 aromatic heterocycles. The second-order valence-corrected chi connectivity index (χ2v) is 11.4. The SMILES string of the molecule is COc1ccc([C@@H]2CC(=O)c3c(cc(CO)c(CC=C(C)C)c3O)O2)c(CC=C(C)CCCC(C)(C)O)c1OC. The standard InChI is InChI=1S/C33H44O7/c1-20(2)10-12-23-22(19-34)17-29-30(31(23)36)26(35)18-28(40-29)24-14-15-27(38-6)32(39-7)25(24)13-11-21(3)9-8-16-33(4,5)37/h10-11,14-15,17,28,34,36-37H,8-9,12-13,16,18-19H2,1-7H3/t28-/m0/s1. The van der Waals surface area contributed by atoms with Crippen LogP contribution in [0.15, 0.2) is 41.5 Å². The number of Topliss-reactive ketones (excluding diaryl/α,β-unsaturated/α-hetero) is 1. The van der Waals surface area contributed by atoms with E-state index in [4.69, 9.17) is 14.2 Å². The Kier molecular flexibility index (Phi) is 10.4. The van der Waals surface area contributed by atoms with E-state index in [0.717, 1.165) is 29.5 Å². The van der Waals surface area contributed by atoms with Gasteiger partial charge >= 0.3 is 0 Å². The highest BCUT2D eigenvalue weighted by atomic mass is 16.5. The molecule has 0 unspecified atom stereocenters. The molecule has 3 rings (SSSR count). The molecule has 2 aromatic carbocycles. The molecule has 0 amide bonds. The van der Waals surface area contributed by atoms with Crippen LogP contribution in [0.3, 0.4) is 0 Å². The Morgan fingerprint density at radius 1 is 1.10 bits per heavy atom. The first-order valence-corrected chi connectivity index (χ1v) is 13.8. The Labute approximate surface area is 238 Å². The summed E-state index contributed by atoms with van der Waals surface area (Å²) in [5.74, 6) is 1.09. The van der Waals surface area contributed by atoms with Crippen LogP contribution in [0.2, 0.25) is 0 Å². The Hall–Kier alpha value is -3.29. The minimum atomic E-state index is -0.693. The van der Waals surface area contributed by atoms with Gasteiger partial charge in [-0.3, -0.25) is 4.79 Å². The number of fused-ring (bicyclic) bond motifs is 1. The van der Waals surface area contributed by atoms with Gasteiger partial charge < -0.3 is 29.5 Å². The van der Waals surface area contributed by atoms with Crippen molar-refractivity contribution < 1.29 is 34.3 Å². The number of aliphatic hydroxyl groups is 2. The highest BCUT2D eigenvalue weighted by Gasteiger charge is 2.34. The van der Waals surface area contributed by atoms with E-state index in [-0.39, 0.29) is 35.9 Å². The van der Waals surface area contributed by atoms with E-state index in [1.54, 1.807) is 26.4 Å². The monoisotopic (exact) mass is 552 g/mol. The summed E-state index contributed by atoms with van der Waals surface area (Å²) in [7, 11) is 3.18. The minimum Gasteiger partial charge on any atom is -0.507 e. The number of benzene rings is 2. The number of ketones is 1. The van der Waals surface area contributed by atoms with Crippen LogP contribution in [0.5, 0.6) is 23.0 Å². The van der Waals surface area contributed by atoms with Gasteiger partial charge in [0, 0.05) is 16.7 Å². The zero-order chi connectivity index (χ0) is 29.6. The normalized spacial score (nSPS) is 15.4. The molecule has 0 aliphatic carbocycles. The van der Waals surface area contributed by atoms with Gasteiger partial charge in [0.15, 0.2) is 17.3 Å². The van der Waals surface area contributed by atoms with Gasteiger partial charge in [0.25, 0.3) is 0 Å². The number of carbonyl (C=O) groups excluding carboxylic acids is 1. The van der Waals surface area contributed by atoms with Crippen LogP contribution in [-0.2, 0) is 19.4 Å². The molecule has 0 spiro atoms. The van der Waals surface area contributed by atoms with Crippen molar-refractivity contribution in [2.45, 2.75) is 91.5 Å². The molecule has 1 aliphatic heterocycles. The van der Waals surface area contributed by atoms with Crippen LogP contribution in [0.1, 0.15) is 99.0 Å². The topological polar surface area (TPSA) is 105 Å². The van der Waals surface area contributed by atoms with Gasteiger partial charge in [-0.1, -0.05) is 29.4 Å². The van der Waals surface area contributed by atoms with Gasteiger partial charge in [0.05, 0.1) is 32.8 Å². The van der Waals surface area contributed by atoms with Crippen LogP contribution in [-0.4, -0.2) is 40.9 Å². The van der Waals surface area contributed by atoms with Crippen molar-refractivity contribution in [3.63, 3.8) is 0 Å². The number of ether oxygens (including phenoxy) is 3. The summed E-state index contributed by atoms with van der Waals surface area (Å²) in [6.45, 7) is 9.33. The fraction of sp³-hybridized carbons (Fsp3) is 0.485. The van der Waals surface area contributed by atoms with Crippen molar-refractivity contribution in [2.24, 2.45) is 0 Å². The number of aliphatic hydroxyl groups excluding tert-OH is 1. The second-order valence-electron chi connectivity index (χ2n) is 11.4. The molecule has 1 aliphatic rings. The molecule has 2 aromatic rings. The molecular formula is C33H44O7. The smallest absolute Gasteiger partial charge is 0.174 e. The Morgan fingerprint density at radius 3 is 2.40 bits per heavy atom. The average Bonchev–Trinajstić information content (AvgIpc) is 2.89. The molecule has 7 heteroatoms. The van der Waals surface area contributed by atoms with E-state index in [1.807, 2.05) is 39.8 Å². The van der Waals surface area contributed by atoms with Crippen LogP contribution in [0, 0.1) is 0 Å². The molecule has 40 heavy (non-hydrogen) atoms. The first-order valence-electron chi connectivity index (χ1n) is 13.8. The third-order valence-corrected chi connectivity index (χ3v) is 7.31. The van der Waals surface area contributed by atoms with Crippen LogP contribution in [0.25, 0.3) is 0 Å². The summed E-state index contributed by atoms with van der Waals surface area (Å²) in [6.07, 6.45) is 6.93. The summed E-state index contributed by atoms with van der Waals surface area (Å²) in [4.78, 5) is 13.4. The van der Waals surface area contributed by atoms with E-state index >= 15 is 0 Å². The van der Waals surface area contributed by atoms with E-state index < -0.39 is 11.7 Å². The molecule has 7 nitrogen and oxygen atoms in total. The van der Waals surface area contributed by atoms with Gasteiger partial charge in [-0.15, -0.1) is 0 Å². The van der Waals surface area contributed by atoms with Crippen LogP contribution in [0.4, 0.5) is 0 Å². The van der Waals surface area contributed by atoms with Gasteiger partial charge in [0.2, 0.25) is 0 Å². The Balaban J connectivity index is 1.99.